The van der Waals surface area contributed by atoms with Gasteiger partial charge in [0.05, 0.1) is 0 Å². The smallest absolute Gasteiger partial charge is 0.220 e. The maximum absolute atomic E-state index is 11.1. The van der Waals surface area contributed by atoms with E-state index in [9.17, 15) is 4.79 Å². The molecular weight excluding hydrogens is 224 g/mol. The number of aryl methyl sites for hydroxylation is 1. The van der Waals surface area contributed by atoms with Crippen LogP contribution in [0.15, 0.2) is 30.3 Å². The molecule has 1 saturated heterocycles. The topological polar surface area (TPSA) is 41.1 Å². The Morgan fingerprint density at radius 1 is 1.39 bits per heavy atom. The summed E-state index contributed by atoms with van der Waals surface area (Å²) >= 11 is 0. The van der Waals surface area contributed by atoms with E-state index in [1.807, 2.05) is 0 Å². The van der Waals surface area contributed by atoms with E-state index < -0.39 is 0 Å². The number of nitrogens with one attached hydrogen (secondary N) is 2. The van der Waals surface area contributed by atoms with Crippen LogP contribution in [0.5, 0.6) is 0 Å². The number of amides is 1. The van der Waals surface area contributed by atoms with Crippen molar-refractivity contribution in [3.8, 4) is 0 Å². The molecule has 1 amide bonds. The summed E-state index contributed by atoms with van der Waals surface area (Å²) in [6.45, 7) is 3.99. The van der Waals surface area contributed by atoms with Crippen molar-refractivity contribution in [3.05, 3.63) is 35.9 Å². The first-order valence-electron chi connectivity index (χ1n) is 6.78. The van der Waals surface area contributed by atoms with Gasteiger partial charge in [-0.05, 0) is 31.2 Å². The van der Waals surface area contributed by atoms with Crippen LogP contribution in [0.4, 0.5) is 0 Å². The average molecular weight is 246 g/mol. The molecule has 2 N–H and O–H groups in total. The Morgan fingerprint density at radius 3 is 2.83 bits per heavy atom. The lowest BCUT2D eigenvalue weighted by Crippen LogP contribution is -2.32. The lowest BCUT2D eigenvalue weighted by atomic mass is 10.0. The maximum Gasteiger partial charge on any atom is 0.220 e. The molecule has 0 aliphatic carbocycles. The Kier molecular flexibility index (Phi) is 4.76. The van der Waals surface area contributed by atoms with Crippen LogP contribution in [-0.4, -0.2) is 25.0 Å². The van der Waals surface area contributed by atoms with E-state index in [1.165, 1.54) is 5.56 Å². The summed E-state index contributed by atoms with van der Waals surface area (Å²) in [5.74, 6) is 0.662. The summed E-state index contributed by atoms with van der Waals surface area (Å²) in [5.41, 5.74) is 1.39. The zero-order chi connectivity index (χ0) is 12.8. The Morgan fingerprint density at radius 2 is 2.17 bits per heavy atom. The second kappa shape index (κ2) is 6.55. The number of rotatable bonds is 6. The van der Waals surface area contributed by atoms with Gasteiger partial charge in [-0.1, -0.05) is 30.3 Å². The van der Waals surface area contributed by atoms with Gasteiger partial charge in [0, 0.05) is 25.6 Å². The van der Waals surface area contributed by atoms with Gasteiger partial charge in [0.15, 0.2) is 0 Å². The fourth-order valence-corrected chi connectivity index (χ4v) is 2.31. The normalized spacial score (nSPS) is 20.7. The van der Waals surface area contributed by atoms with Crippen molar-refractivity contribution in [2.45, 2.75) is 32.2 Å². The van der Waals surface area contributed by atoms with Crippen LogP contribution in [0, 0.1) is 5.92 Å². The van der Waals surface area contributed by atoms with Gasteiger partial charge in [0.2, 0.25) is 5.91 Å². The standard InChI is InChI=1S/C15H22N2O/c1-12(7-8-13-5-3-2-4-6-13)16-10-14-9-15(18)17-11-14/h2-6,12,14,16H,7-11H2,1H3,(H,17,18). The number of hydrogen-bond donors (Lipinski definition) is 2. The summed E-state index contributed by atoms with van der Waals surface area (Å²) in [4.78, 5) is 11.1. The van der Waals surface area contributed by atoms with Crippen molar-refractivity contribution in [1.29, 1.82) is 0 Å². The average Bonchev–Trinajstić information content (AvgIpc) is 2.81. The minimum atomic E-state index is 0.193. The molecule has 2 rings (SSSR count). The molecule has 3 nitrogen and oxygen atoms in total. The number of carbonyl (C=O) groups is 1. The summed E-state index contributed by atoms with van der Waals surface area (Å²) in [5, 5.41) is 6.40. The third-order valence-corrected chi connectivity index (χ3v) is 3.53. The predicted molar refractivity (Wildman–Crippen MR) is 73.3 cm³/mol. The molecule has 0 saturated carbocycles. The van der Waals surface area contributed by atoms with Gasteiger partial charge < -0.3 is 10.6 Å². The van der Waals surface area contributed by atoms with Crippen molar-refractivity contribution in [2.75, 3.05) is 13.1 Å². The quantitative estimate of drug-likeness (QED) is 0.802. The minimum Gasteiger partial charge on any atom is -0.356 e. The Bertz CT molecular complexity index is 377. The fraction of sp³-hybridized carbons (Fsp3) is 0.533. The van der Waals surface area contributed by atoms with Gasteiger partial charge in [-0.25, -0.2) is 0 Å². The van der Waals surface area contributed by atoms with Gasteiger partial charge in [0.1, 0.15) is 0 Å². The number of hydrogen-bond acceptors (Lipinski definition) is 2. The lowest BCUT2D eigenvalue weighted by Gasteiger charge is -2.16. The molecule has 2 unspecified atom stereocenters. The first kappa shape index (κ1) is 13.1. The van der Waals surface area contributed by atoms with E-state index in [2.05, 4.69) is 47.9 Å². The van der Waals surface area contributed by atoms with E-state index in [1.54, 1.807) is 0 Å². The van der Waals surface area contributed by atoms with Crippen molar-refractivity contribution >= 4 is 5.91 Å². The molecule has 0 radical (unpaired) electrons. The lowest BCUT2D eigenvalue weighted by molar-refractivity contribution is -0.119. The molecule has 3 heteroatoms. The van der Waals surface area contributed by atoms with E-state index in [4.69, 9.17) is 0 Å². The van der Waals surface area contributed by atoms with Crippen LogP contribution in [0.1, 0.15) is 25.3 Å². The highest BCUT2D eigenvalue weighted by Gasteiger charge is 2.21. The molecule has 1 aromatic carbocycles. The van der Waals surface area contributed by atoms with Gasteiger partial charge in [-0.15, -0.1) is 0 Å². The zero-order valence-electron chi connectivity index (χ0n) is 11.0. The molecule has 1 fully saturated rings. The monoisotopic (exact) mass is 246 g/mol. The highest BCUT2D eigenvalue weighted by molar-refractivity contribution is 5.78. The number of carbonyl (C=O) groups excluding carboxylic acids is 1. The summed E-state index contributed by atoms with van der Waals surface area (Å²) in [6.07, 6.45) is 2.92. The highest BCUT2D eigenvalue weighted by atomic mass is 16.1. The molecule has 0 aromatic heterocycles. The van der Waals surface area contributed by atoms with Crippen LogP contribution in [0.25, 0.3) is 0 Å². The van der Waals surface area contributed by atoms with E-state index in [0.717, 1.165) is 25.9 Å². The van der Waals surface area contributed by atoms with Gasteiger partial charge in [0.25, 0.3) is 0 Å². The predicted octanol–water partition coefficient (Wildman–Crippen LogP) is 1.73. The highest BCUT2D eigenvalue weighted by Crippen LogP contribution is 2.09. The first-order chi connectivity index (χ1) is 8.74. The van der Waals surface area contributed by atoms with Crippen molar-refractivity contribution in [3.63, 3.8) is 0 Å². The van der Waals surface area contributed by atoms with Crippen LogP contribution < -0.4 is 10.6 Å². The van der Waals surface area contributed by atoms with Gasteiger partial charge in [-0.2, -0.15) is 0 Å². The van der Waals surface area contributed by atoms with Crippen molar-refractivity contribution in [1.82, 2.24) is 10.6 Å². The molecule has 2 atom stereocenters. The van der Waals surface area contributed by atoms with Crippen LogP contribution >= 0.6 is 0 Å². The summed E-state index contributed by atoms with van der Waals surface area (Å²) in [7, 11) is 0. The third kappa shape index (κ3) is 4.15. The van der Waals surface area contributed by atoms with Crippen LogP contribution in [0.2, 0.25) is 0 Å². The van der Waals surface area contributed by atoms with Crippen LogP contribution in [0.3, 0.4) is 0 Å². The second-order valence-electron chi connectivity index (χ2n) is 5.21. The SMILES string of the molecule is CC(CCc1ccccc1)NCC1CNC(=O)C1. The Hall–Kier alpha value is -1.35. The maximum atomic E-state index is 11.1. The van der Waals surface area contributed by atoms with Gasteiger partial charge in [-0.3, -0.25) is 4.79 Å². The number of benzene rings is 1. The Labute approximate surface area is 109 Å². The summed E-state index contributed by atoms with van der Waals surface area (Å²) < 4.78 is 0. The van der Waals surface area contributed by atoms with E-state index >= 15 is 0 Å². The second-order valence-corrected chi connectivity index (χ2v) is 5.21. The molecule has 1 aromatic rings. The van der Waals surface area contributed by atoms with E-state index in [-0.39, 0.29) is 5.91 Å². The molecule has 1 heterocycles. The molecular formula is C15H22N2O. The molecule has 0 spiro atoms. The fourth-order valence-electron chi connectivity index (χ4n) is 2.31. The summed E-state index contributed by atoms with van der Waals surface area (Å²) in [6, 6.07) is 11.1. The minimum absolute atomic E-state index is 0.193. The largest absolute Gasteiger partial charge is 0.356 e. The zero-order valence-corrected chi connectivity index (χ0v) is 11.0. The molecule has 98 valence electrons. The molecule has 1 aliphatic heterocycles. The molecule has 18 heavy (non-hydrogen) atoms. The van der Waals surface area contributed by atoms with Crippen molar-refractivity contribution < 1.29 is 4.79 Å². The molecule has 0 bridgehead atoms. The van der Waals surface area contributed by atoms with Crippen molar-refractivity contribution in [2.24, 2.45) is 5.92 Å². The van der Waals surface area contributed by atoms with Gasteiger partial charge >= 0.3 is 0 Å². The first-order valence-corrected chi connectivity index (χ1v) is 6.78. The third-order valence-electron chi connectivity index (χ3n) is 3.53. The molecule has 1 aliphatic rings. The van der Waals surface area contributed by atoms with Crippen LogP contribution in [-0.2, 0) is 11.2 Å². The van der Waals surface area contributed by atoms with E-state index in [0.29, 0.717) is 18.4 Å². The Balaban J connectivity index is 1.63.